The first-order valence-corrected chi connectivity index (χ1v) is 11.1. The molecule has 0 radical (unpaired) electrons. The van der Waals surface area contributed by atoms with Crippen molar-refractivity contribution in [2.45, 2.75) is 19.8 Å². The van der Waals surface area contributed by atoms with E-state index >= 15 is 0 Å². The van der Waals surface area contributed by atoms with Crippen LogP contribution in [0.4, 0.5) is 21.8 Å². The molecule has 1 fully saturated rings. The van der Waals surface area contributed by atoms with E-state index in [0.717, 1.165) is 23.4 Å². The van der Waals surface area contributed by atoms with Crippen LogP contribution in [0.15, 0.2) is 48.7 Å². The van der Waals surface area contributed by atoms with Gasteiger partial charge in [-0.2, -0.15) is 4.98 Å². The van der Waals surface area contributed by atoms with Crippen molar-refractivity contribution in [1.29, 1.82) is 0 Å². The average molecular weight is 471 g/mol. The van der Waals surface area contributed by atoms with Gasteiger partial charge >= 0.3 is 5.97 Å². The summed E-state index contributed by atoms with van der Waals surface area (Å²) in [5.41, 5.74) is 2.31. The summed E-state index contributed by atoms with van der Waals surface area (Å²) in [5, 5.41) is 3.10. The van der Waals surface area contributed by atoms with E-state index in [1.807, 2.05) is 19.1 Å². The summed E-state index contributed by atoms with van der Waals surface area (Å²) in [6.07, 6.45) is 2.86. The van der Waals surface area contributed by atoms with Crippen molar-refractivity contribution in [3.63, 3.8) is 0 Å². The Morgan fingerprint density at radius 2 is 1.97 bits per heavy atom. The molecule has 0 bridgehead atoms. The highest BCUT2D eigenvalue weighted by Crippen LogP contribution is 2.32. The first kappa shape index (κ1) is 22.9. The lowest BCUT2D eigenvalue weighted by Gasteiger charge is -2.29. The quantitative estimate of drug-likeness (QED) is 0.374. The third-order valence-electron chi connectivity index (χ3n) is 5.11. The van der Waals surface area contributed by atoms with E-state index in [9.17, 15) is 9.18 Å². The maximum absolute atomic E-state index is 13.5. The molecule has 1 saturated heterocycles. The van der Waals surface area contributed by atoms with Gasteiger partial charge < -0.3 is 19.7 Å². The Kier molecular flexibility index (Phi) is 7.36. The minimum atomic E-state index is -0.490. The zero-order valence-electron chi connectivity index (χ0n) is 18.2. The number of aromatic nitrogens is 2. The lowest BCUT2D eigenvalue weighted by molar-refractivity contribution is -0.134. The predicted octanol–water partition coefficient (Wildman–Crippen LogP) is 5.22. The van der Waals surface area contributed by atoms with Gasteiger partial charge in [-0.05, 0) is 42.3 Å². The van der Waals surface area contributed by atoms with Crippen molar-refractivity contribution in [2.24, 2.45) is 0 Å². The van der Waals surface area contributed by atoms with Crippen LogP contribution < -0.4 is 15.0 Å². The number of rotatable bonds is 7. The van der Waals surface area contributed by atoms with Gasteiger partial charge in [-0.1, -0.05) is 30.7 Å². The maximum atomic E-state index is 13.5. The summed E-state index contributed by atoms with van der Waals surface area (Å²) in [4.78, 5) is 23.1. The van der Waals surface area contributed by atoms with E-state index in [1.165, 1.54) is 12.1 Å². The molecule has 1 N–H and O–H groups in total. The van der Waals surface area contributed by atoms with Gasteiger partial charge in [0.2, 0.25) is 5.95 Å². The van der Waals surface area contributed by atoms with Crippen LogP contribution in [0.3, 0.4) is 0 Å². The second-order valence-corrected chi connectivity index (χ2v) is 7.94. The molecule has 33 heavy (non-hydrogen) atoms. The minimum absolute atomic E-state index is 0.0183. The molecule has 4 rings (SSSR count). The zero-order chi connectivity index (χ0) is 23.2. The number of hydrogen-bond acceptors (Lipinski definition) is 7. The van der Waals surface area contributed by atoms with Gasteiger partial charge in [0.25, 0.3) is 0 Å². The molecule has 0 aliphatic carbocycles. The second kappa shape index (κ2) is 10.6. The fraction of sp³-hybridized carbons (Fsp3) is 0.292. The standard InChI is InChI=1S/C24H24ClFN4O3/c1-2-3-22(31)33-18-7-4-16(5-8-18)19-15-27-24(28-17-6-9-21(26)20(25)14-17)29-23(19)30-10-12-32-13-11-30/h4-9,14-15H,2-3,10-13H2,1H3,(H,27,28,29). The fourth-order valence-electron chi connectivity index (χ4n) is 3.45. The summed E-state index contributed by atoms with van der Waals surface area (Å²) in [5.74, 6) is 0.875. The zero-order valence-corrected chi connectivity index (χ0v) is 18.9. The minimum Gasteiger partial charge on any atom is -0.427 e. The molecule has 1 aliphatic rings. The highest BCUT2D eigenvalue weighted by Gasteiger charge is 2.19. The molecular weight excluding hydrogens is 447 g/mol. The first-order chi connectivity index (χ1) is 16.0. The van der Waals surface area contributed by atoms with E-state index in [0.29, 0.717) is 50.1 Å². The van der Waals surface area contributed by atoms with Crippen LogP contribution >= 0.6 is 11.6 Å². The van der Waals surface area contributed by atoms with Crippen LogP contribution in [0.25, 0.3) is 11.1 Å². The molecule has 1 aromatic heterocycles. The van der Waals surface area contributed by atoms with E-state index < -0.39 is 5.82 Å². The Bertz CT molecular complexity index is 1120. The Balaban J connectivity index is 1.62. The third kappa shape index (κ3) is 5.77. The highest BCUT2D eigenvalue weighted by molar-refractivity contribution is 6.31. The van der Waals surface area contributed by atoms with Gasteiger partial charge in [-0.15, -0.1) is 0 Å². The summed E-state index contributed by atoms with van der Waals surface area (Å²) in [7, 11) is 0. The topological polar surface area (TPSA) is 76.6 Å². The molecule has 7 nitrogen and oxygen atoms in total. The number of nitrogens with zero attached hydrogens (tertiary/aromatic N) is 3. The maximum Gasteiger partial charge on any atom is 0.311 e. The van der Waals surface area contributed by atoms with Crippen LogP contribution in [0, 0.1) is 5.82 Å². The number of morpholine rings is 1. The number of anilines is 3. The largest absolute Gasteiger partial charge is 0.427 e. The number of esters is 1. The molecule has 0 spiro atoms. The lowest BCUT2D eigenvalue weighted by atomic mass is 10.1. The van der Waals surface area contributed by atoms with Crippen molar-refractivity contribution in [1.82, 2.24) is 9.97 Å². The summed E-state index contributed by atoms with van der Waals surface area (Å²) < 4.78 is 24.3. The summed E-state index contributed by atoms with van der Waals surface area (Å²) >= 11 is 5.89. The van der Waals surface area contributed by atoms with Gasteiger partial charge in [0.05, 0.1) is 18.2 Å². The predicted molar refractivity (Wildman–Crippen MR) is 126 cm³/mol. The second-order valence-electron chi connectivity index (χ2n) is 7.53. The molecule has 172 valence electrons. The van der Waals surface area contributed by atoms with Gasteiger partial charge in [0.1, 0.15) is 17.4 Å². The fourth-order valence-corrected chi connectivity index (χ4v) is 3.63. The molecule has 0 unspecified atom stereocenters. The van der Waals surface area contributed by atoms with E-state index in [4.69, 9.17) is 26.1 Å². The summed E-state index contributed by atoms with van der Waals surface area (Å²) in [6.45, 7) is 4.52. The third-order valence-corrected chi connectivity index (χ3v) is 5.40. The first-order valence-electron chi connectivity index (χ1n) is 10.8. The molecule has 9 heteroatoms. The Hall–Kier alpha value is -3.23. The van der Waals surface area contributed by atoms with Gasteiger partial charge in [0.15, 0.2) is 0 Å². The van der Waals surface area contributed by atoms with Crippen LogP contribution in [0.1, 0.15) is 19.8 Å². The molecular formula is C24H24ClFN4O3. The Labute approximate surface area is 196 Å². The molecule has 2 heterocycles. The number of benzene rings is 2. The number of carbonyl (C=O) groups is 1. The Morgan fingerprint density at radius 1 is 1.21 bits per heavy atom. The van der Waals surface area contributed by atoms with E-state index in [1.54, 1.807) is 24.4 Å². The number of carbonyl (C=O) groups excluding carboxylic acids is 1. The van der Waals surface area contributed by atoms with Crippen molar-refractivity contribution >= 4 is 35.0 Å². The van der Waals surface area contributed by atoms with E-state index in [-0.39, 0.29) is 11.0 Å². The molecule has 2 aromatic carbocycles. The number of halogens is 2. The summed E-state index contributed by atoms with van der Waals surface area (Å²) in [6, 6.07) is 11.6. The smallest absolute Gasteiger partial charge is 0.311 e. The average Bonchev–Trinajstić information content (AvgIpc) is 2.83. The molecule has 0 atom stereocenters. The van der Waals surface area contributed by atoms with Crippen LogP contribution in [-0.4, -0.2) is 42.2 Å². The SMILES string of the molecule is CCCC(=O)Oc1ccc(-c2cnc(Nc3ccc(F)c(Cl)c3)nc2N2CCOCC2)cc1. The molecule has 0 saturated carbocycles. The van der Waals surface area contributed by atoms with Gasteiger partial charge in [-0.25, -0.2) is 9.37 Å². The van der Waals surface area contributed by atoms with Crippen LogP contribution in [0.5, 0.6) is 5.75 Å². The van der Waals surface area contributed by atoms with E-state index in [2.05, 4.69) is 15.2 Å². The monoisotopic (exact) mass is 470 g/mol. The highest BCUT2D eigenvalue weighted by atomic mass is 35.5. The number of hydrogen-bond donors (Lipinski definition) is 1. The van der Waals surface area contributed by atoms with Crippen molar-refractivity contribution < 1.29 is 18.7 Å². The normalized spacial score (nSPS) is 13.6. The van der Waals surface area contributed by atoms with Gasteiger partial charge in [0, 0.05) is 37.0 Å². The lowest BCUT2D eigenvalue weighted by Crippen LogP contribution is -2.37. The van der Waals surface area contributed by atoms with Gasteiger partial charge in [-0.3, -0.25) is 4.79 Å². The Morgan fingerprint density at radius 3 is 2.67 bits per heavy atom. The number of ether oxygens (including phenoxy) is 2. The van der Waals surface area contributed by atoms with Crippen molar-refractivity contribution in [3.05, 3.63) is 59.5 Å². The van der Waals surface area contributed by atoms with Crippen molar-refractivity contribution in [3.8, 4) is 16.9 Å². The van der Waals surface area contributed by atoms with Crippen molar-refractivity contribution in [2.75, 3.05) is 36.5 Å². The molecule has 0 amide bonds. The molecule has 1 aliphatic heterocycles. The van der Waals surface area contributed by atoms with Crippen LogP contribution in [0.2, 0.25) is 5.02 Å². The number of nitrogens with one attached hydrogen (secondary N) is 1. The van der Waals surface area contributed by atoms with Crippen LogP contribution in [-0.2, 0) is 9.53 Å². The molecule has 3 aromatic rings.